The SMILES string of the molecule is Cc1c(NC(=O)C2CNC(=O)c3ccccc32)n[nH]c1C(C)C. The van der Waals surface area contributed by atoms with Crippen molar-refractivity contribution in [3.8, 4) is 0 Å². The maximum absolute atomic E-state index is 12.7. The lowest BCUT2D eigenvalue weighted by atomic mass is 9.90. The second kappa shape index (κ2) is 5.87. The number of aromatic amines is 1. The monoisotopic (exact) mass is 312 g/mol. The first kappa shape index (κ1) is 15.3. The van der Waals surface area contributed by atoms with E-state index in [2.05, 4.69) is 34.7 Å². The second-order valence-corrected chi connectivity index (χ2v) is 6.10. The maximum atomic E-state index is 12.7. The number of carbonyl (C=O) groups excluding carboxylic acids is 2. The van der Waals surface area contributed by atoms with Gasteiger partial charge in [0, 0.05) is 23.4 Å². The van der Waals surface area contributed by atoms with Gasteiger partial charge in [-0.1, -0.05) is 32.0 Å². The topological polar surface area (TPSA) is 86.9 Å². The Hall–Kier alpha value is -2.63. The quantitative estimate of drug-likeness (QED) is 0.813. The number of carbonyl (C=O) groups is 2. The van der Waals surface area contributed by atoms with Gasteiger partial charge in [-0.3, -0.25) is 14.7 Å². The van der Waals surface area contributed by atoms with Gasteiger partial charge in [-0.25, -0.2) is 0 Å². The van der Waals surface area contributed by atoms with Crippen LogP contribution in [-0.2, 0) is 4.79 Å². The summed E-state index contributed by atoms with van der Waals surface area (Å²) in [6.45, 7) is 6.37. The van der Waals surface area contributed by atoms with E-state index in [1.54, 1.807) is 12.1 Å². The van der Waals surface area contributed by atoms with Gasteiger partial charge in [-0.2, -0.15) is 5.10 Å². The van der Waals surface area contributed by atoms with Crippen LogP contribution in [-0.4, -0.2) is 28.6 Å². The third-order valence-corrected chi connectivity index (χ3v) is 4.23. The van der Waals surface area contributed by atoms with Gasteiger partial charge in [0.05, 0.1) is 5.92 Å². The molecule has 0 fully saturated rings. The molecule has 2 amide bonds. The highest BCUT2D eigenvalue weighted by Crippen LogP contribution is 2.27. The summed E-state index contributed by atoms with van der Waals surface area (Å²) >= 11 is 0. The summed E-state index contributed by atoms with van der Waals surface area (Å²) in [5, 5.41) is 12.8. The first-order valence-electron chi connectivity index (χ1n) is 7.72. The molecule has 1 aliphatic heterocycles. The van der Waals surface area contributed by atoms with Crippen LogP contribution in [0, 0.1) is 6.92 Å². The van der Waals surface area contributed by atoms with E-state index in [1.807, 2.05) is 19.1 Å². The Labute approximate surface area is 134 Å². The third-order valence-electron chi connectivity index (χ3n) is 4.23. The molecule has 1 aromatic carbocycles. The van der Waals surface area contributed by atoms with Gasteiger partial charge < -0.3 is 10.6 Å². The Morgan fingerprint density at radius 3 is 2.78 bits per heavy atom. The number of amides is 2. The molecule has 0 bridgehead atoms. The zero-order valence-corrected chi connectivity index (χ0v) is 13.4. The number of H-pyrrole nitrogens is 1. The largest absolute Gasteiger partial charge is 0.351 e. The van der Waals surface area contributed by atoms with Crippen molar-refractivity contribution >= 4 is 17.6 Å². The summed E-state index contributed by atoms with van der Waals surface area (Å²) < 4.78 is 0. The minimum absolute atomic E-state index is 0.136. The van der Waals surface area contributed by atoms with Crippen molar-refractivity contribution in [3.63, 3.8) is 0 Å². The molecule has 6 heteroatoms. The fraction of sp³-hybridized carbons (Fsp3) is 0.353. The van der Waals surface area contributed by atoms with Crippen molar-refractivity contribution in [2.75, 3.05) is 11.9 Å². The molecule has 1 atom stereocenters. The number of nitrogens with zero attached hydrogens (tertiary/aromatic N) is 1. The zero-order valence-electron chi connectivity index (χ0n) is 13.4. The molecule has 2 aromatic rings. The van der Waals surface area contributed by atoms with Crippen molar-refractivity contribution in [1.29, 1.82) is 0 Å². The lowest BCUT2D eigenvalue weighted by molar-refractivity contribution is -0.117. The van der Waals surface area contributed by atoms with Gasteiger partial charge in [0.15, 0.2) is 5.82 Å². The van der Waals surface area contributed by atoms with Crippen LogP contribution in [0.25, 0.3) is 0 Å². The minimum Gasteiger partial charge on any atom is -0.351 e. The van der Waals surface area contributed by atoms with E-state index >= 15 is 0 Å². The molecule has 1 unspecified atom stereocenters. The number of fused-ring (bicyclic) bond motifs is 1. The third kappa shape index (κ3) is 2.72. The molecule has 120 valence electrons. The predicted octanol–water partition coefficient (Wildman–Crippen LogP) is 2.31. The van der Waals surface area contributed by atoms with Gasteiger partial charge in [0.2, 0.25) is 5.91 Å². The molecule has 3 N–H and O–H groups in total. The van der Waals surface area contributed by atoms with Gasteiger partial charge in [0.1, 0.15) is 0 Å². The van der Waals surface area contributed by atoms with Crippen molar-refractivity contribution in [2.24, 2.45) is 0 Å². The van der Waals surface area contributed by atoms with E-state index in [1.165, 1.54) is 0 Å². The highest BCUT2D eigenvalue weighted by Gasteiger charge is 2.30. The summed E-state index contributed by atoms with van der Waals surface area (Å²) in [5.41, 5.74) is 3.27. The minimum atomic E-state index is -0.414. The van der Waals surface area contributed by atoms with Crippen LogP contribution in [0.2, 0.25) is 0 Å². The van der Waals surface area contributed by atoms with Crippen LogP contribution in [0.1, 0.15) is 52.9 Å². The predicted molar refractivity (Wildman–Crippen MR) is 87.6 cm³/mol. The standard InChI is InChI=1S/C17H20N4O2/c1-9(2)14-10(3)15(21-20-14)19-17(23)13-8-18-16(22)12-7-5-4-6-11(12)13/h4-7,9,13H,8H2,1-3H3,(H,18,22)(H2,19,20,21,23). The summed E-state index contributed by atoms with van der Waals surface area (Å²) in [6, 6.07) is 7.20. The Morgan fingerprint density at radius 1 is 1.35 bits per heavy atom. The van der Waals surface area contributed by atoms with Gasteiger partial charge in [0.25, 0.3) is 5.91 Å². The number of aromatic nitrogens is 2. The number of benzene rings is 1. The Kier molecular flexibility index (Phi) is 3.90. The number of hydrogen-bond acceptors (Lipinski definition) is 3. The van der Waals surface area contributed by atoms with Crippen molar-refractivity contribution in [3.05, 3.63) is 46.6 Å². The fourth-order valence-corrected chi connectivity index (χ4v) is 2.94. The molecule has 0 saturated heterocycles. The van der Waals surface area contributed by atoms with Crippen LogP contribution >= 0.6 is 0 Å². The van der Waals surface area contributed by atoms with Crippen LogP contribution in [0.5, 0.6) is 0 Å². The average Bonchev–Trinajstić information content (AvgIpc) is 2.89. The van der Waals surface area contributed by atoms with E-state index in [0.29, 0.717) is 23.8 Å². The summed E-state index contributed by atoms with van der Waals surface area (Å²) in [5.74, 6) is 0.142. The number of hydrogen-bond donors (Lipinski definition) is 3. The van der Waals surface area contributed by atoms with E-state index in [-0.39, 0.29) is 11.8 Å². The van der Waals surface area contributed by atoms with E-state index < -0.39 is 5.92 Å². The van der Waals surface area contributed by atoms with Crippen LogP contribution in [0.4, 0.5) is 5.82 Å². The highest BCUT2D eigenvalue weighted by atomic mass is 16.2. The highest BCUT2D eigenvalue weighted by molar-refractivity contribution is 6.03. The smallest absolute Gasteiger partial charge is 0.251 e. The first-order chi connectivity index (χ1) is 11.0. The molecule has 23 heavy (non-hydrogen) atoms. The van der Waals surface area contributed by atoms with Gasteiger partial charge in [-0.15, -0.1) is 0 Å². The summed E-state index contributed by atoms with van der Waals surface area (Å²) in [6.07, 6.45) is 0. The second-order valence-electron chi connectivity index (χ2n) is 6.10. The average molecular weight is 312 g/mol. The van der Waals surface area contributed by atoms with Crippen LogP contribution in [0.3, 0.4) is 0 Å². The molecular weight excluding hydrogens is 292 g/mol. The van der Waals surface area contributed by atoms with E-state index in [9.17, 15) is 9.59 Å². The molecule has 0 radical (unpaired) electrons. The molecule has 3 rings (SSSR count). The molecule has 0 aliphatic carbocycles. The molecule has 1 aliphatic rings. The molecule has 1 aromatic heterocycles. The molecule has 6 nitrogen and oxygen atoms in total. The normalized spacial score (nSPS) is 16.9. The van der Waals surface area contributed by atoms with Crippen molar-refractivity contribution in [1.82, 2.24) is 15.5 Å². The summed E-state index contributed by atoms with van der Waals surface area (Å²) in [7, 11) is 0. The zero-order chi connectivity index (χ0) is 16.6. The summed E-state index contributed by atoms with van der Waals surface area (Å²) in [4.78, 5) is 24.5. The van der Waals surface area contributed by atoms with E-state index in [4.69, 9.17) is 0 Å². The molecule has 0 spiro atoms. The van der Waals surface area contributed by atoms with Crippen LogP contribution in [0.15, 0.2) is 24.3 Å². The lowest BCUT2D eigenvalue weighted by Crippen LogP contribution is -2.40. The number of nitrogens with one attached hydrogen (secondary N) is 3. The Balaban J connectivity index is 1.85. The van der Waals surface area contributed by atoms with Crippen LogP contribution < -0.4 is 10.6 Å². The van der Waals surface area contributed by atoms with E-state index in [0.717, 1.165) is 16.8 Å². The lowest BCUT2D eigenvalue weighted by Gasteiger charge is -2.24. The Bertz CT molecular complexity index is 764. The van der Waals surface area contributed by atoms with Gasteiger partial charge >= 0.3 is 0 Å². The molecule has 2 heterocycles. The maximum Gasteiger partial charge on any atom is 0.251 e. The van der Waals surface area contributed by atoms with Crippen molar-refractivity contribution < 1.29 is 9.59 Å². The first-order valence-corrected chi connectivity index (χ1v) is 7.72. The number of rotatable bonds is 3. The van der Waals surface area contributed by atoms with Crippen molar-refractivity contribution in [2.45, 2.75) is 32.6 Å². The number of anilines is 1. The van der Waals surface area contributed by atoms with Gasteiger partial charge in [-0.05, 0) is 24.5 Å². The Morgan fingerprint density at radius 2 is 2.09 bits per heavy atom. The molecule has 0 saturated carbocycles. The fourth-order valence-electron chi connectivity index (χ4n) is 2.94. The molecular formula is C17H20N4O2.